The lowest BCUT2D eigenvalue weighted by Gasteiger charge is -2.01. The number of nitrogens with one attached hydrogen (secondary N) is 1. The highest BCUT2D eigenvalue weighted by molar-refractivity contribution is 5.98. The third-order valence-corrected chi connectivity index (χ3v) is 1.61. The topological polar surface area (TPSA) is 131 Å². The van der Waals surface area contributed by atoms with E-state index in [1.807, 2.05) is 0 Å². The maximum atomic E-state index is 11.1. The maximum absolute atomic E-state index is 11.1. The average Bonchev–Trinajstić information content (AvgIpc) is 2.16. The summed E-state index contributed by atoms with van der Waals surface area (Å²) in [5.74, 6) is -1.39. The first-order valence-corrected chi connectivity index (χ1v) is 4.23. The van der Waals surface area contributed by atoms with Gasteiger partial charge in [0.2, 0.25) is 0 Å². The predicted molar refractivity (Wildman–Crippen MR) is 58.2 cm³/mol. The predicted octanol–water partition coefficient (Wildman–Crippen LogP) is 0.190. The fourth-order valence-corrected chi connectivity index (χ4v) is 0.965. The molecule has 0 heterocycles. The summed E-state index contributed by atoms with van der Waals surface area (Å²) in [5, 5.41) is 11.0. The standard InChI is InChI=1S/C9H10N4O3/c10-8(11)13-9(16)12-6-3-1-5(2-4-6)7(14)15/h1-4H,(H,14,15)(H5,10,11,12,13,16). The molecular weight excluding hydrogens is 212 g/mol. The highest BCUT2D eigenvalue weighted by atomic mass is 16.4. The molecule has 0 aromatic heterocycles. The number of aliphatic imine (C=N–C) groups is 1. The molecular formula is C9H10N4O3. The van der Waals surface area contributed by atoms with E-state index in [0.29, 0.717) is 5.69 Å². The second kappa shape index (κ2) is 4.78. The molecule has 0 saturated heterocycles. The van der Waals surface area contributed by atoms with Gasteiger partial charge in [-0.1, -0.05) is 0 Å². The highest BCUT2D eigenvalue weighted by Gasteiger charge is 2.03. The Morgan fingerprint density at radius 1 is 1.19 bits per heavy atom. The van der Waals surface area contributed by atoms with Crippen molar-refractivity contribution in [2.45, 2.75) is 0 Å². The van der Waals surface area contributed by atoms with Crippen LogP contribution in [0.1, 0.15) is 10.4 Å². The lowest BCUT2D eigenvalue weighted by Crippen LogP contribution is -2.25. The SMILES string of the molecule is NC(N)=NC(=O)Nc1ccc(C(=O)O)cc1. The molecule has 0 aliphatic heterocycles. The van der Waals surface area contributed by atoms with Crippen LogP contribution >= 0.6 is 0 Å². The Labute approximate surface area is 90.8 Å². The summed E-state index contributed by atoms with van der Waals surface area (Å²) >= 11 is 0. The monoisotopic (exact) mass is 222 g/mol. The van der Waals surface area contributed by atoms with E-state index in [0.717, 1.165) is 0 Å². The summed E-state index contributed by atoms with van der Waals surface area (Å²) in [6, 6.07) is 4.86. The molecule has 7 nitrogen and oxygen atoms in total. The molecule has 0 aliphatic carbocycles. The molecule has 0 fully saturated rings. The van der Waals surface area contributed by atoms with Crippen LogP contribution in [0.4, 0.5) is 10.5 Å². The zero-order valence-electron chi connectivity index (χ0n) is 8.18. The lowest BCUT2D eigenvalue weighted by molar-refractivity contribution is 0.0697. The summed E-state index contributed by atoms with van der Waals surface area (Å²) < 4.78 is 0. The maximum Gasteiger partial charge on any atom is 0.348 e. The van der Waals surface area contributed by atoms with Crippen LogP contribution in [0.25, 0.3) is 0 Å². The Morgan fingerprint density at radius 2 is 1.75 bits per heavy atom. The number of carbonyl (C=O) groups is 2. The number of rotatable bonds is 2. The quantitative estimate of drug-likeness (QED) is 0.419. The summed E-state index contributed by atoms with van der Waals surface area (Å²) in [5.41, 5.74) is 10.5. The van der Waals surface area contributed by atoms with E-state index >= 15 is 0 Å². The van der Waals surface area contributed by atoms with Gasteiger partial charge in [-0.25, -0.2) is 9.59 Å². The first-order valence-electron chi connectivity index (χ1n) is 4.23. The van der Waals surface area contributed by atoms with Gasteiger partial charge in [-0.3, -0.25) is 0 Å². The van der Waals surface area contributed by atoms with Crippen molar-refractivity contribution in [1.82, 2.24) is 0 Å². The van der Waals surface area contributed by atoms with E-state index in [1.54, 1.807) is 0 Å². The van der Waals surface area contributed by atoms with Crippen molar-refractivity contribution in [2.24, 2.45) is 16.5 Å². The summed E-state index contributed by atoms with van der Waals surface area (Å²) in [6.07, 6.45) is 0. The van der Waals surface area contributed by atoms with Crippen LogP contribution in [-0.4, -0.2) is 23.1 Å². The zero-order valence-corrected chi connectivity index (χ0v) is 8.18. The Bertz CT molecular complexity index is 435. The van der Waals surface area contributed by atoms with Crippen LogP contribution in [0.15, 0.2) is 29.3 Å². The highest BCUT2D eigenvalue weighted by Crippen LogP contribution is 2.09. The molecule has 1 rings (SSSR count). The first-order chi connectivity index (χ1) is 7.49. The van der Waals surface area contributed by atoms with Gasteiger partial charge in [-0.15, -0.1) is 0 Å². The van der Waals surface area contributed by atoms with E-state index < -0.39 is 12.0 Å². The number of hydrogen-bond donors (Lipinski definition) is 4. The van der Waals surface area contributed by atoms with Crippen molar-refractivity contribution in [3.8, 4) is 0 Å². The number of amides is 2. The number of hydrogen-bond acceptors (Lipinski definition) is 2. The Morgan fingerprint density at radius 3 is 2.19 bits per heavy atom. The normalized spacial score (nSPS) is 9.25. The van der Waals surface area contributed by atoms with Crippen molar-refractivity contribution in [2.75, 3.05) is 5.32 Å². The third-order valence-electron chi connectivity index (χ3n) is 1.61. The van der Waals surface area contributed by atoms with Gasteiger partial charge >= 0.3 is 12.0 Å². The summed E-state index contributed by atoms with van der Waals surface area (Å²) in [6.45, 7) is 0. The van der Waals surface area contributed by atoms with Gasteiger partial charge in [0, 0.05) is 5.69 Å². The minimum atomic E-state index is -1.04. The molecule has 0 aliphatic rings. The fraction of sp³-hybridized carbons (Fsp3) is 0. The van der Waals surface area contributed by atoms with Gasteiger partial charge in [0.1, 0.15) is 0 Å². The number of carbonyl (C=O) groups excluding carboxylic acids is 1. The van der Waals surface area contributed by atoms with Crippen LogP contribution < -0.4 is 16.8 Å². The van der Waals surface area contributed by atoms with Crippen molar-refractivity contribution in [1.29, 1.82) is 0 Å². The van der Waals surface area contributed by atoms with E-state index in [9.17, 15) is 9.59 Å². The molecule has 0 saturated carbocycles. The number of benzene rings is 1. The number of urea groups is 1. The average molecular weight is 222 g/mol. The van der Waals surface area contributed by atoms with Crippen molar-refractivity contribution >= 4 is 23.6 Å². The number of carboxylic acids is 1. The smallest absolute Gasteiger partial charge is 0.348 e. The minimum Gasteiger partial charge on any atom is -0.478 e. The van der Waals surface area contributed by atoms with Gasteiger partial charge in [0.25, 0.3) is 0 Å². The number of nitrogens with two attached hydrogens (primary N) is 2. The number of aromatic carboxylic acids is 1. The second-order valence-corrected chi connectivity index (χ2v) is 2.85. The lowest BCUT2D eigenvalue weighted by atomic mass is 10.2. The molecule has 0 atom stereocenters. The second-order valence-electron chi connectivity index (χ2n) is 2.85. The fourth-order valence-electron chi connectivity index (χ4n) is 0.965. The summed E-state index contributed by atoms with van der Waals surface area (Å²) in [7, 11) is 0. The minimum absolute atomic E-state index is 0.125. The summed E-state index contributed by atoms with van der Waals surface area (Å²) in [4.78, 5) is 24.8. The Hall–Kier alpha value is -2.57. The molecule has 16 heavy (non-hydrogen) atoms. The van der Waals surface area contributed by atoms with Gasteiger partial charge in [0.15, 0.2) is 5.96 Å². The van der Waals surface area contributed by atoms with Crippen LogP contribution in [0.3, 0.4) is 0 Å². The van der Waals surface area contributed by atoms with E-state index in [1.165, 1.54) is 24.3 Å². The van der Waals surface area contributed by atoms with Gasteiger partial charge in [-0.05, 0) is 24.3 Å². The number of guanidine groups is 1. The van der Waals surface area contributed by atoms with E-state index in [2.05, 4.69) is 10.3 Å². The molecule has 0 unspecified atom stereocenters. The molecule has 0 bridgehead atoms. The third kappa shape index (κ3) is 3.29. The molecule has 6 N–H and O–H groups in total. The number of nitrogens with zero attached hydrogens (tertiary/aromatic N) is 1. The van der Waals surface area contributed by atoms with Crippen LogP contribution in [0, 0.1) is 0 Å². The molecule has 1 aromatic carbocycles. The Kier molecular flexibility index (Phi) is 3.44. The van der Waals surface area contributed by atoms with Crippen molar-refractivity contribution in [3.63, 3.8) is 0 Å². The first kappa shape index (κ1) is 11.5. The van der Waals surface area contributed by atoms with Crippen molar-refractivity contribution in [3.05, 3.63) is 29.8 Å². The molecule has 0 radical (unpaired) electrons. The number of anilines is 1. The Balaban J connectivity index is 2.73. The van der Waals surface area contributed by atoms with Gasteiger partial charge in [0.05, 0.1) is 5.56 Å². The molecule has 84 valence electrons. The zero-order chi connectivity index (χ0) is 12.1. The van der Waals surface area contributed by atoms with Crippen LogP contribution in [0.5, 0.6) is 0 Å². The van der Waals surface area contributed by atoms with E-state index in [-0.39, 0.29) is 11.5 Å². The molecule has 2 amide bonds. The van der Waals surface area contributed by atoms with Gasteiger partial charge < -0.3 is 21.9 Å². The van der Waals surface area contributed by atoms with E-state index in [4.69, 9.17) is 16.6 Å². The molecule has 7 heteroatoms. The van der Waals surface area contributed by atoms with Gasteiger partial charge in [-0.2, -0.15) is 4.99 Å². The largest absolute Gasteiger partial charge is 0.478 e. The number of carboxylic acid groups (broad SMARTS) is 1. The van der Waals surface area contributed by atoms with Crippen LogP contribution in [-0.2, 0) is 0 Å². The molecule has 0 spiro atoms. The van der Waals surface area contributed by atoms with Crippen molar-refractivity contribution < 1.29 is 14.7 Å². The molecule has 1 aromatic rings. The van der Waals surface area contributed by atoms with Crippen LogP contribution in [0.2, 0.25) is 0 Å².